The van der Waals surface area contributed by atoms with Gasteiger partial charge in [0.25, 0.3) is 5.91 Å². The van der Waals surface area contributed by atoms with Gasteiger partial charge in [-0.15, -0.1) is 0 Å². The van der Waals surface area contributed by atoms with Crippen LogP contribution in [-0.4, -0.2) is 35.1 Å². The second-order valence-electron chi connectivity index (χ2n) is 9.61. The van der Waals surface area contributed by atoms with Crippen LogP contribution in [0.4, 0.5) is 0 Å². The van der Waals surface area contributed by atoms with Gasteiger partial charge in [0.15, 0.2) is 11.5 Å². The largest absolute Gasteiger partial charge is 0.504 e. The number of nitrogens with zero attached hydrogens (tertiary/aromatic N) is 1. The van der Waals surface area contributed by atoms with E-state index in [1.807, 2.05) is 36.4 Å². The number of carbonyl (C=O) groups excluding carboxylic acids is 2. The lowest BCUT2D eigenvalue weighted by molar-refractivity contribution is -0.121. The molecule has 1 aliphatic heterocycles. The van der Waals surface area contributed by atoms with Gasteiger partial charge in [0.2, 0.25) is 5.91 Å². The van der Waals surface area contributed by atoms with Crippen LogP contribution in [0.15, 0.2) is 60.7 Å². The first kappa shape index (κ1) is 27.0. The second kappa shape index (κ2) is 13.0. The average molecular weight is 516 g/mol. The SMILES string of the molecule is CCCCCCc1c2n(c3cc(C(=O)NCc4ccc(O)c(OC)c4)ccc13)CC(=O)NC/C=C\C=C/C2. The van der Waals surface area contributed by atoms with Crippen molar-refractivity contribution in [1.29, 1.82) is 0 Å². The summed E-state index contributed by atoms with van der Waals surface area (Å²) < 4.78 is 7.25. The van der Waals surface area contributed by atoms with E-state index < -0.39 is 0 Å². The van der Waals surface area contributed by atoms with Crippen LogP contribution in [0.25, 0.3) is 10.9 Å². The standard InChI is InChI=1S/C31H37N3O4/c1-3-4-5-8-11-24-25-15-14-23(31(37)33-20-22-13-16-28(35)29(18-22)38-2)19-27(25)34-21-30(36)32-17-10-7-6-9-12-26(24)34/h6-7,9-10,13-16,18-19,35H,3-5,8,11-12,17,20-21H2,1-2H3,(H,32,36)(H,33,37)/b9-6-,10-7-. The molecule has 0 aliphatic carbocycles. The van der Waals surface area contributed by atoms with Gasteiger partial charge in [-0.2, -0.15) is 0 Å². The Bertz CT molecular complexity index is 1350. The van der Waals surface area contributed by atoms with Crippen LogP contribution in [0.2, 0.25) is 0 Å². The van der Waals surface area contributed by atoms with Crippen LogP contribution in [0.3, 0.4) is 0 Å². The van der Waals surface area contributed by atoms with Crippen LogP contribution in [-0.2, 0) is 30.7 Å². The Morgan fingerprint density at radius 1 is 1.11 bits per heavy atom. The third kappa shape index (κ3) is 6.46. The molecule has 3 aromatic rings. The van der Waals surface area contributed by atoms with Gasteiger partial charge >= 0.3 is 0 Å². The highest BCUT2D eigenvalue weighted by Gasteiger charge is 2.20. The number of rotatable bonds is 9. The summed E-state index contributed by atoms with van der Waals surface area (Å²) in [7, 11) is 1.49. The number of benzene rings is 2. The second-order valence-corrected chi connectivity index (χ2v) is 9.61. The number of carbonyl (C=O) groups is 2. The Morgan fingerprint density at radius 2 is 1.95 bits per heavy atom. The molecule has 7 nitrogen and oxygen atoms in total. The highest BCUT2D eigenvalue weighted by molar-refractivity contribution is 5.99. The molecule has 2 amide bonds. The van der Waals surface area contributed by atoms with Gasteiger partial charge in [-0.3, -0.25) is 9.59 Å². The fourth-order valence-electron chi connectivity index (χ4n) is 4.93. The molecule has 0 saturated heterocycles. The summed E-state index contributed by atoms with van der Waals surface area (Å²) in [5, 5.41) is 16.8. The summed E-state index contributed by atoms with van der Waals surface area (Å²) in [6, 6.07) is 10.8. The highest BCUT2D eigenvalue weighted by Crippen LogP contribution is 2.30. The molecule has 0 radical (unpaired) electrons. The monoisotopic (exact) mass is 515 g/mol. The summed E-state index contributed by atoms with van der Waals surface area (Å²) in [5.41, 5.74) is 4.65. The predicted octanol–water partition coefficient (Wildman–Crippen LogP) is 5.19. The lowest BCUT2D eigenvalue weighted by Gasteiger charge is -2.12. The van der Waals surface area contributed by atoms with Crippen LogP contribution in [0, 0.1) is 0 Å². The maximum absolute atomic E-state index is 13.1. The van der Waals surface area contributed by atoms with Crippen molar-refractivity contribution in [3.8, 4) is 11.5 Å². The highest BCUT2D eigenvalue weighted by atomic mass is 16.5. The number of methoxy groups -OCH3 is 1. The molecule has 0 bridgehead atoms. The molecular weight excluding hydrogens is 478 g/mol. The Balaban J connectivity index is 1.66. The van der Waals surface area contributed by atoms with Gasteiger partial charge in [-0.1, -0.05) is 62.6 Å². The van der Waals surface area contributed by atoms with E-state index >= 15 is 0 Å². The van der Waals surface area contributed by atoms with Crippen molar-refractivity contribution < 1.29 is 19.4 Å². The molecule has 0 atom stereocenters. The van der Waals surface area contributed by atoms with E-state index in [1.165, 1.54) is 31.9 Å². The maximum Gasteiger partial charge on any atom is 0.251 e. The van der Waals surface area contributed by atoms with Crippen molar-refractivity contribution in [2.75, 3.05) is 13.7 Å². The molecule has 200 valence electrons. The zero-order valence-electron chi connectivity index (χ0n) is 22.3. The number of phenols is 1. The molecule has 0 spiro atoms. The lowest BCUT2D eigenvalue weighted by Crippen LogP contribution is -2.28. The van der Waals surface area contributed by atoms with E-state index in [0.29, 0.717) is 24.4 Å². The van der Waals surface area contributed by atoms with Gasteiger partial charge in [0.1, 0.15) is 6.54 Å². The molecule has 3 N–H and O–H groups in total. The number of nitrogens with one attached hydrogen (secondary N) is 2. The van der Waals surface area contributed by atoms with Gasteiger partial charge in [0.05, 0.1) is 7.11 Å². The third-order valence-electron chi connectivity index (χ3n) is 6.94. The van der Waals surface area contributed by atoms with E-state index in [-0.39, 0.29) is 24.1 Å². The Hall–Kier alpha value is -4.00. The summed E-state index contributed by atoms with van der Waals surface area (Å²) >= 11 is 0. The van der Waals surface area contributed by atoms with Crippen molar-refractivity contribution in [3.05, 3.63) is 83.1 Å². The van der Waals surface area contributed by atoms with Gasteiger partial charge in [-0.25, -0.2) is 0 Å². The minimum absolute atomic E-state index is 0.0524. The van der Waals surface area contributed by atoms with Crippen molar-refractivity contribution in [2.45, 2.75) is 58.5 Å². The smallest absolute Gasteiger partial charge is 0.251 e. The van der Waals surface area contributed by atoms with Crippen LogP contribution >= 0.6 is 0 Å². The van der Waals surface area contributed by atoms with Gasteiger partial charge in [-0.05, 0) is 48.2 Å². The Morgan fingerprint density at radius 3 is 2.76 bits per heavy atom. The van der Waals surface area contributed by atoms with Crippen molar-refractivity contribution in [1.82, 2.24) is 15.2 Å². The predicted molar refractivity (Wildman–Crippen MR) is 151 cm³/mol. The molecule has 38 heavy (non-hydrogen) atoms. The van der Waals surface area contributed by atoms with Crippen LogP contribution in [0.1, 0.15) is 59.8 Å². The zero-order valence-corrected chi connectivity index (χ0v) is 22.3. The van der Waals surface area contributed by atoms with Gasteiger partial charge < -0.3 is 25.0 Å². The molecule has 0 saturated carbocycles. The average Bonchev–Trinajstić information content (AvgIpc) is 3.18. The number of phenolic OH excluding ortho intramolecular Hbond substituents is 1. The number of hydrogen-bond donors (Lipinski definition) is 3. The van der Waals surface area contributed by atoms with E-state index in [9.17, 15) is 14.7 Å². The maximum atomic E-state index is 13.1. The number of aromatic hydroxyl groups is 1. The summed E-state index contributed by atoms with van der Waals surface area (Å²) in [5.74, 6) is 0.161. The number of allylic oxidation sites excluding steroid dienone is 3. The van der Waals surface area contributed by atoms with Crippen molar-refractivity contribution >= 4 is 22.7 Å². The number of aromatic nitrogens is 1. The summed E-state index contributed by atoms with van der Waals surface area (Å²) in [6.45, 7) is 3.20. The number of fused-ring (bicyclic) bond motifs is 3. The van der Waals surface area contributed by atoms with E-state index in [1.54, 1.807) is 18.2 Å². The first-order chi connectivity index (χ1) is 18.5. The molecular formula is C31H37N3O4. The molecule has 1 aliphatic rings. The molecule has 2 aromatic carbocycles. The van der Waals surface area contributed by atoms with Crippen molar-refractivity contribution in [2.24, 2.45) is 0 Å². The number of unbranched alkanes of at least 4 members (excludes halogenated alkanes) is 3. The normalized spacial score (nSPS) is 15.3. The quantitative estimate of drug-likeness (QED) is 0.342. The summed E-state index contributed by atoms with van der Waals surface area (Å²) in [4.78, 5) is 25.9. The Kier molecular flexibility index (Phi) is 9.25. The van der Waals surface area contributed by atoms with Crippen molar-refractivity contribution in [3.63, 3.8) is 0 Å². The summed E-state index contributed by atoms with van der Waals surface area (Å²) in [6.07, 6.45) is 14.4. The molecule has 7 heteroatoms. The first-order valence-corrected chi connectivity index (χ1v) is 13.4. The fraction of sp³-hybridized carbons (Fsp3) is 0.355. The molecule has 4 rings (SSSR count). The van der Waals surface area contributed by atoms with E-state index in [0.717, 1.165) is 41.4 Å². The van der Waals surface area contributed by atoms with Crippen LogP contribution in [0.5, 0.6) is 11.5 Å². The van der Waals surface area contributed by atoms with E-state index in [4.69, 9.17) is 4.74 Å². The number of aryl methyl sites for hydroxylation is 1. The fourth-order valence-corrected chi connectivity index (χ4v) is 4.93. The molecule has 0 unspecified atom stereocenters. The number of hydrogen-bond acceptors (Lipinski definition) is 4. The van der Waals surface area contributed by atoms with E-state index in [2.05, 4.69) is 28.2 Å². The topological polar surface area (TPSA) is 92.6 Å². The molecule has 0 fully saturated rings. The number of amides is 2. The number of ether oxygens (including phenoxy) is 1. The first-order valence-electron chi connectivity index (χ1n) is 13.4. The Labute approximate surface area is 224 Å². The molecule has 2 heterocycles. The van der Waals surface area contributed by atoms with Gasteiger partial charge in [0, 0.05) is 41.7 Å². The lowest BCUT2D eigenvalue weighted by atomic mass is 10.0. The minimum atomic E-state index is -0.204. The third-order valence-corrected chi connectivity index (χ3v) is 6.94. The zero-order chi connectivity index (χ0) is 26.9. The minimum Gasteiger partial charge on any atom is -0.504 e. The molecule has 1 aromatic heterocycles. The van der Waals surface area contributed by atoms with Crippen LogP contribution < -0.4 is 15.4 Å².